The molecule has 25 heavy (non-hydrogen) atoms. The molecule has 0 spiro atoms. The summed E-state index contributed by atoms with van der Waals surface area (Å²) in [6, 6.07) is 7.42. The molecule has 1 saturated heterocycles. The topological polar surface area (TPSA) is 58.6 Å². The number of benzene rings is 1. The van der Waals surface area contributed by atoms with Crippen LogP contribution in [0, 0.1) is 11.8 Å². The van der Waals surface area contributed by atoms with Crippen molar-refractivity contribution in [1.82, 2.24) is 5.32 Å². The van der Waals surface area contributed by atoms with Gasteiger partial charge in [0.05, 0.1) is 13.0 Å². The Morgan fingerprint density at radius 3 is 2.84 bits per heavy atom. The first-order valence-corrected chi connectivity index (χ1v) is 9.39. The van der Waals surface area contributed by atoms with Crippen molar-refractivity contribution in [1.29, 1.82) is 0 Å². The van der Waals surface area contributed by atoms with Crippen molar-refractivity contribution in [3.8, 4) is 5.75 Å². The van der Waals surface area contributed by atoms with E-state index in [-0.39, 0.29) is 24.2 Å². The van der Waals surface area contributed by atoms with E-state index in [9.17, 15) is 9.59 Å². The van der Waals surface area contributed by atoms with Crippen LogP contribution in [0.15, 0.2) is 24.3 Å². The van der Waals surface area contributed by atoms with Crippen LogP contribution in [0.2, 0.25) is 0 Å². The van der Waals surface area contributed by atoms with E-state index in [1.165, 1.54) is 32.1 Å². The first-order chi connectivity index (χ1) is 12.2. The summed E-state index contributed by atoms with van der Waals surface area (Å²) in [4.78, 5) is 26.4. The van der Waals surface area contributed by atoms with E-state index in [1.54, 1.807) is 12.0 Å². The van der Waals surface area contributed by atoms with Crippen molar-refractivity contribution in [3.05, 3.63) is 24.3 Å². The summed E-state index contributed by atoms with van der Waals surface area (Å²) in [5.41, 5.74) is 0.793. The van der Waals surface area contributed by atoms with Gasteiger partial charge in [-0.2, -0.15) is 0 Å². The number of amides is 2. The summed E-state index contributed by atoms with van der Waals surface area (Å²) in [5, 5.41) is 3.04. The van der Waals surface area contributed by atoms with E-state index in [4.69, 9.17) is 4.74 Å². The van der Waals surface area contributed by atoms with Crippen molar-refractivity contribution in [2.75, 3.05) is 25.1 Å². The predicted octanol–water partition coefficient (Wildman–Crippen LogP) is 3.13. The second-order valence-electron chi connectivity index (χ2n) is 7.19. The number of nitrogens with one attached hydrogen (secondary N) is 1. The quantitative estimate of drug-likeness (QED) is 0.862. The number of carbonyl (C=O) groups excluding carboxylic acids is 2. The van der Waals surface area contributed by atoms with Crippen LogP contribution in [0.1, 0.15) is 44.9 Å². The number of rotatable bonds is 6. The molecule has 5 nitrogen and oxygen atoms in total. The molecule has 2 amide bonds. The summed E-state index contributed by atoms with van der Waals surface area (Å²) in [6.07, 6.45) is 7.94. The van der Waals surface area contributed by atoms with Crippen LogP contribution in [0.3, 0.4) is 0 Å². The van der Waals surface area contributed by atoms with Gasteiger partial charge in [0, 0.05) is 31.3 Å². The van der Waals surface area contributed by atoms with Crippen molar-refractivity contribution in [2.45, 2.75) is 44.9 Å². The highest BCUT2D eigenvalue weighted by Gasteiger charge is 2.35. The van der Waals surface area contributed by atoms with Crippen LogP contribution >= 0.6 is 0 Å². The molecule has 1 aromatic carbocycles. The second kappa shape index (κ2) is 8.37. The summed E-state index contributed by atoms with van der Waals surface area (Å²) in [5.74, 6) is 1.22. The van der Waals surface area contributed by atoms with Gasteiger partial charge in [0.1, 0.15) is 5.75 Å². The van der Waals surface area contributed by atoms with E-state index in [2.05, 4.69) is 5.32 Å². The molecular formula is C20H28N2O3. The van der Waals surface area contributed by atoms with Gasteiger partial charge in [-0.05, 0) is 24.5 Å². The summed E-state index contributed by atoms with van der Waals surface area (Å²) < 4.78 is 5.22. The average molecular weight is 344 g/mol. The zero-order chi connectivity index (χ0) is 17.6. The number of ether oxygens (including phenoxy) is 1. The van der Waals surface area contributed by atoms with Crippen LogP contribution in [-0.2, 0) is 9.59 Å². The smallest absolute Gasteiger partial charge is 0.227 e. The number of anilines is 1. The first kappa shape index (κ1) is 17.8. The molecule has 1 saturated carbocycles. The summed E-state index contributed by atoms with van der Waals surface area (Å²) >= 11 is 0. The Kier molecular flexibility index (Phi) is 5.95. The molecule has 0 aromatic heterocycles. The number of nitrogens with zero attached hydrogens (tertiary/aromatic N) is 1. The molecule has 3 rings (SSSR count). The molecule has 1 aliphatic heterocycles. The van der Waals surface area contributed by atoms with E-state index >= 15 is 0 Å². The minimum Gasteiger partial charge on any atom is -0.497 e. The van der Waals surface area contributed by atoms with Gasteiger partial charge in [0.2, 0.25) is 11.8 Å². The third-order valence-corrected chi connectivity index (χ3v) is 5.44. The molecule has 5 heteroatoms. The molecule has 1 heterocycles. The van der Waals surface area contributed by atoms with Gasteiger partial charge in [-0.1, -0.05) is 38.2 Å². The van der Waals surface area contributed by atoms with Crippen LogP contribution < -0.4 is 15.0 Å². The fourth-order valence-corrected chi connectivity index (χ4v) is 3.93. The first-order valence-electron chi connectivity index (χ1n) is 9.39. The van der Waals surface area contributed by atoms with Gasteiger partial charge in [-0.15, -0.1) is 0 Å². The molecule has 1 atom stereocenters. The number of hydrogen-bond donors (Lipinski definition) is 1. The van der Waals surface area contributed by atoms with Gasteiger partial charge in [0.15, 0.2) is 0 Å². The lowest BCUT2D eigenvalue weighted by Gasteiger charge is -2.22. The van der Waals surface area contributed by atoms with Gasteiger partial charge in [-0.3, -0.25) is 9.59 Å². The predicted molar refractivity (Wildman–Crippen MR) is 97.7 cm³/mol. The third kappa shape index (κ3) is 4.53. The van der Waals surface area contributed by atoms with Crippen LogP contribution in [0.25, 0.3) is 0 Å². The lowest BCUT2D eigenvalue weighted by atomic mass is 9.87. The third-order valence-electron chi connectivity index (χ3n) is 5.44. The van der Waals surface area contributed by atoms with E-state index < -0.39 is 0 Å². The Morgan fingerprint density at radius 2 is 2.08 bits per heavy atom. The van der Waals surface area contributed by atoms with E-state index in [0.29, 0.717) is 12.3 Å². The van der Waals surface area contributed by atoms with Crippen LogP contribution in [-0.4, -0.2) is 32.0 Å². The fraction of sp³-hybridized carbons (Fsp3) is 0.600. The zero-order valence-electron chi connectivity index (χ0n) is 15.0. The SMILES string of the molecule is COc1cccc(N2CC(C(=O)NCCC3CCCCC3)CC2=O)c1. The standard InChI is InChI=1S/C20H28N2O3/c1-25-18-9-5-8-17(13-18)22-14-16(12-19(22)23)20(24)21-11-10-15-6-3-2-4-7-15/h5,8-9,13,15-16H,2-4,6-7,10-12,14H2,1H3,(H,21,24). The maximum atomic E-state index is 12.4. The molecule has 2 aliphatic rings. The van der Waals surface area contributed by atoms with Gasteiger partial charge >= 0.3 is 0 Å². The molecule has 136 valence electrons. The number of hydrogen-bond acceptors (Lipinski definition) is 3. The minimum absolute atomic E-state index is 0.000633. The molecule has 0 radical (unpaired) electrons. The van der Waals surface area contributed by atoms with Crippen molar-refractivity contribution in [3.63, 3.8) is 0 Å². The molecule has 1 N–H and O–H groups in total. The number of carbonyl (C=O) groups is 2. The zero-order valence-corrected chi connectivity index (χ0v) is 15.0. The number of methoxy groups -OCH3 is 1. The minimum atomic E-state index is -0.259. The molecule has 1 aliphatic carbocycles. The van der Waals surface area contributed by atoms with Crippen molar-refractivity contribution in [2.24, 2.45) is 11.8 Å². The highest BCUT2D eigenvalue weighted by atomic mass is 16.5. The molecule has 2 fully saturated rings. The summed E-state index contributed by atoms with van der Waals surface area (Å²) in [6.45, 7) is 1.18. The molecule has 1 unspecified atom stereocenters. The second-order valence-corrected chi connectivity index (χ2v) is 7.19. The van der Waals surface area contributed by atoms with E-state index in [0.717, 1.165) is 24.6 Å². The molecule has 0 bridgehead atoms. The van der Waals surface area contributed by atoms with Crippen molar-refractivity contribution < 1.29 is 14.3 Å². The Morgan fingerprint density at radius 1 is 1.28 bits per heavy atom. The van der Waals surface area contributed by atoms with Crippen LogP contribution in [0.4, 0.5) is 5.69 Å². The average Bonchev–Trinajstić information content (AvgIpc) is 3.04. The van der Waals surface area contributed by atoms with Gasteiger partial charge in [-0.25, -0.2) is 0 Å². The Balaban J connectivity index is 1.50. The maximum absolute atomic E-state index is 12.4. The molecule has 1 aromatic rings. The lowest BCUT2D eigenvalue weighted by molar-refractivity contribution is -0.126. The highest BCUT2D eigenvalue weighted by Crippen LogP contribution is 2.28. The van der Waals surface area contributed by atoms with Crippen LogP contribution in [0.5, 0.6) is 5.75 Å². The van der Waals surface area contributed by atoms with Gasteiger partial charge < -0.3 is 15.0 Å². The Bertz CT molecular complexity index is 611. The Hall–Kier alpha value is -2.04. The highest BCUT2D eigenvalue weighted by molar-refractivity contribution is 6.00. The van der Waals surface area contributed by atoms with Gasteiger partial charge in [0.25, 0.3) is 0 Å². The largest absolute Gasteiger partial charge is 0.497 e. The molecular weight excluding hydrogens is 316 g/mol. The Labute approximate surface area is 149 Å². The van der Waals surface area contributed by atoms with Crippen molar-refractivity contribution >= 4 is 17.5 Å². The maximum Gasteiger partial charge on any atom is 0.227 e. The lowest BCUT2D eigenvalue weighted by Crippen LogP contribution is -2.34. The normalized spacial score (nSPS) is 21.4. The van der Waals surface area contributed by atoms with E-state index in [1.807, 2.05) is 24.3 Å². The fourth-order valence-electron chi connectivity index (χ4n) is 3.93. The monoisotopic (exact) mass is 344 g/mol. The summed E-state index contributed by atoms with van der Waals surface area (Å²) in [7, 11) is 1.60.